The number of aryl methyl sites for hydroxylation is 1. The number of nitrogens with zero attached hydrogens (tertiary/aromatic N) is 4. The molecule has 36 heavy (non-hydrogen) atoms. The van der Waals surface area contributed by atoms with Crippen LogP contribution in [0.3, 0.4) is 0 Å². The van der Waals surface area contributed by atoms with Crippen molar-refractivity contribution in [2.75, 3.05) is 65.4 Å². The highest BCUT2D eigenvalue weighted by molar-refractivity contribution is 6.10. The number of amides is 1. The summed E-state index contributed by atoms with van der Waals surface area (Å²) in [6, 6.07) is 7.45. The van der Waals surface area contributed by atoms with Crippen molar-refractivity contribution in [1.29, 1.82) is 0 Å². The fourth-order valence-corrected chi connectivity index (χ4v) is 6.00. The number of phenols is 1. The van der Waals surface area contributed by atoms with Crippen LogP contribution in [0.4, 0.5) is 5.69 Å². The van der Waals surface area contributed by atoms with Gasteiger partial charge >= 0.3 is 0 Å². The van der Waals surface area contributed by atoms with E-state index in [1.807, 2.05) is 23.1 Å². The monoisotopic (exact) mass is 488 g/mol. The molecule has 6 rings (SSSR count). The van der Waals surface area contributed by atoms with Gasteiger partial charge in [-0.05, 0) is 61.2 Å². The second-order valence-corrected chi connectivity index (χ2v) is 9.99. The van der Waals surface area contributed by atoms with Gasteiger partial charge in [-0.3, -0.25) is 9.69 Å². The first-order valence-electron chi connectivity index (χ1n) is 12.6. The van der Waals surface area contributed by atoms with E-state index in [1.165, 1.54) is 11.1 Å². The van der Waals surface area contributed by atoms with Crippen molar-refractivity contribution >= 4 is 22.5 Å². The number of carbonyl (C=O) groups excluding carboxylic acids is 1. The van der Waals surface area contributed by atoms with E-state index in [-0.39, 0.29) is 11.7 Å². The standard InChI is InChI=1S/C28H32N4O4/c1-30-10-12-31(13-11-30)16-24(34)32-9-8-20-21-6-4-17-14-18(33)5-7-19(17)26(21)29-22-15-23(35-2)28(36-3)27(32)25(20)22/h5,7,14-15,33H,4,6,8-13,16H2,1-3H3. The molecule has 1 N–H and O–H groups in total. The van der Waals surface area contributed by atoms with Gasteiger partial charge in [0.2, 0.25) is 5.91 Å². The molecule has 0 radical (unpaired) electrons. The second-order valence-electron chi connectivity index (χ2n) is 9.99. The fraction of sp³-hybridized carbons (Fsp3) is 0.429. The largest absolute Gasteiger partial charge is 0.508 e. The lowest BCUT2D eigenvalue weighted by molar-refractivity contribution is -0.120. The number of likely N-dealkylation sites (N-methyl/N-ethyl adjacent to an activating group) is 1. The third-order valence-corrected chi connectivity index (χ3v) is 7.91. The average Bonchev–Trinajstić information content (AvgIpc) is 2.89. The third kappa shape index (κ3) is 3.67. The second kappa shape index (κ2) is 8.94. The number of phenolic OH excluding ortho intramolecular Hbond substituents is 1. The van der Waals surface area contributed by atoms with Crippen LogP contribution in [0.1, 0.15) is 16.7 Å². The molecular formula is C28H32N4O4. The molecule has 2 aromatic carbocycles. The summed E-state index contributed by atoms with van der Waals surface area (Å²) in [5.74, 6) is 1.51. The fourth-order valence-electron chi connectivity index (χ4n) is 6.00. The zero-order valence-corrected chi connectivity index (χ0v) is 21.1. The van der Waals surface area contributed by atoms with Crippen molar-refractivity contribution < 1.29 is 19.4 Å². The van der Waals surface area contributed by atoms with Crippen LogP contribution < -0.4 is 14.4 Å². The van der Waals surface area contributed by atoms with Crippen molar-refractivity contribution in [3.63, 3.8) is 0 Å². The van der Waals surface area contributed by atoms with Gasteiger partial charge in [0.05, 0.1) is 37.7 Å². The maximum Gasteiger partial charge on any atom is 0.241 e. The molecule has 1 saturated heterocycles. The van der Waals surface area contributed by atoms with E-state index in [9.17, 15) is 9.90 Å². The van der Waals surface area contributed by atoms with Crippen LogP contribution in [0.15, 0.2) is 24.3 Å². The molecule has 1 amide bonds. The lowest BCUT2D eigenvalue weighted by Gasteiger charge is -2.36. The predicted octanol–water partition coefficient (Wildman–Crippen LogP) is 2.86. The van der Waals surface area contributed by atoms with Gasteiger partial charge in [-0.1, -0.05) is 0 Å². The molecular weight excluding hydrogens is 456 g/mol. The Morgan fingerprint density at radius 3 is 2.56 bits per heavy atom. The van der Waals surface area contributed by atoms with Gasteiger partial charge in [0.1, 0.15) is 5.75 Å². The Bertz CT molecular complexity index is 1360. The molecule has 1 aromatic heterocycles. The van der Waals surface area contributed by atoms with E-state index in [2.05, 4.69) is 16.8 Å². The normalized spacial score (nSPS) is 17.6. The molecule has 0 spiro atoms. The number of hydrogen-bond acceptors (Lipinski definition) is 7. The Kier molecular flexibility index (Phi) is 5.73. The van der Waals surface area contributed by atoms with E-state index in [0.717, 1.165) is 78.9 Å². The van der Waals surface area contributed by atoms with Gasteiger partial charge in [-0.15, -0.1) is 0 Å². The number of ether oxygens (including phenoxy) is 2. The number of fused-ring (bicyclic) bond motifs is 4. The van der Waals surface area contributed by atoms with E-state index in [4.69, 9.17) is 14.5 Å². The van der Waals surface area contributed by atoms with Crippen molar-refractivity contribution in [1.82, 2.24) is 14.8 Å². The summed E-state index contributed by atoms with van der Waals surface area (Å²) in [5, 5.41) is 11.0. The summed E-state index contributed by atoms with van der Waals surface area (Å²) in [6.45, 7) is 4.70. The first kappa shape index (κ1) is 23.1. The summed E-state index contributed by atoms with van der Waals surface area (Å²) < 4.78 is 11.6. The minimum atomic E-state index is 0.0802. The zero-order chi connectivity index (χ0) is 25.0. The van der Waals surface area contributed by atoms with E-state index < -0.39 is 0 Å². The maximum atomic E-state index is 13.7. The Hall–Kier alpha value is -3.36. The van der Waals surface area contributed by atoms with Gasteiger partial charge in [0, 0.05) is 49.7 Å². The zero-order valence-electron chi connectivity index (χ0n) is 21.1. The van der Waals surface area contributed by atoms with Gasteiger partial charge in [-0.2, -0.15) is 0 Å². The predicted molar refractivity (Wildman–Crippen MR) is 139 cm³/mol. The number of benzene rings is 2. The van der Waals surface area contributed by atoms with Gasteiger partial charge in [0.25, 0.3) is 0 Å². The molecule has 8 heteroatoms. The maximum absolute atomic E-state index is 13.7. The minimum absolute atomic E-state index is 0.0802. The van der Waals surface area contributed by atoms with Crippen molar-refractivity contribution in [3.8, 4) is 28.5 Å². The molecule has 1 fully saturated rings. The molecule has 8 nitrogen and oxygen atoms in total. The molecule has 0 atom stereocenters. The number of hydrogen-bond donors (Lipinski definition) is 1. The quantitative estimate of drug-likeness (QED) is 0.605. The molecule has 1 aliphatic carbocycles. The topological polar surface area (TPSA) is 78.4 Å². The summed E-state index contributed by atoms with van der Waals surface area (Å²) in [6.07, 6.45) is 2.48. The number of carbonyl (C=O) groups is 1. The van der Waals surface area contributed by atoms with Crippen LogP contribution >= 0.6 is 0 Å². The highest BCUT2D eigenvalue weighted by atomic mass is 16.5. The SMILES string of the molecule is COc1cc2nc3c(c4c2c(c1OC)N(C(=O)CN1CCN(C)CC1)CC4)CCc1cc(O)ccc1-3. The number of aromatic nitrogens is 1. The average molecular weight is 489 g/mol. The van der Waals surface area contributed by atoms with Gasteiger partial charge < -0.3 is 24.4 Å². The Morgan fingerprint density at radius 1 is 1.00 bits per heavy atom. The number of aromatic hydroxyl groups is 1. The lowest BCUT2D eigenvalue weighted by atomic mass is 9.83. The highest BCUT2D eigenvalue weighted by Crippen LogP contribution is 2.49. The van der Waals surface area contributed by atoms with Gasteiger partial charge in [0.15, 0.2) is 11.5 Å². The number of rotatable bonds is 4. The van der Waals surface area contributed by atoms with Gasteiger partial charge in [-0.25, -0.2) is 4.98 Å². The Morgan fingerprint density at radius 2 is 1.81 bits per heavy atom. The lowest BCUT2D eigenvalue weighted by Crippen LogP contribution is -2.49. The van der Waals surface area contributed by atoms with Crippen LogP contribution in [-0.2, 0) is 24.1 Å². The van der Waals surface area contributed by atoms with E-state index in [1.54, 1.807) is 20.3 Å². The molecule has 0 bridgehead atoms. The number of pyridine rings is 1. The smallest absolute Gasteiger partial charge is 0.241 e. The van der Waals surface area contributed by atoms with Crippen LogP contribution in [-0.4, -0.2) is 86.3 Å². The molecule has 188 valence electrons. The molecule has 3 aliphatic rings. The summed E-state index contributed by atoms with van der Waals surface area (Å²) in [7, 11) is 5.37. The number of piperazine rings is 1. The van der Waals surface area contributed by atoms with Crippen molar-refractivity contribution in [3.05, 3.63) is 41.0 Å². The summed E-state index contributed by atoms with van der Waals surface area (Å²) in [4.78, 5) is 25.2. The number of methoxy groups -OCH3 is 2. The van der Waals surface area contributed by atoms with Crippen LogP contribution in [0.25, 0.3) is 22.2 Å². The van der Waals surface area contributed by atoms with Crippen LogP contribution in [0.2, 0.25) is 0 Å². The Balaban J connectivity index is 1.50. The molecule has 3 aromatic rings. The Labute approximate surface area is 211 Å². The molecule has 2 aliphatic heterocycles. The first-order valence-corrected chi connectivity index (χ1v) is 12.6. The number of anilines is 1. The minimum Gasteiger partial charge on any atom is -0.508 e. The molecule has 0 unspecified atom stereocenters. The van der Waals surface area contributed by atoms with Crippen molar-refractivity contribution in [2.45, 2.75) is 19.3 Å². The molecule has 3 heterocycles. The molecule has 0 saturated carbocycles. The van der Waals surface area contributed by atoms with E-state index in [0.29, 0.717) is 24.6 Å². The van der Waals surface area contributed by atoms with E-state index >= 15 is 0 Å². The first-order chi connectivity index (χ1) is 17.5. The van der Waals surface area contributed by atoms with Crippen molar-refractivity contribution in [2.24, 2.45) is 0 Å². The van der Waals surface area contributed by atoms with Crippen LogP contribution in [0, 0.1) is 0 Å². The van der Waals surface area contributed by atoms with Crippen LogP contribution in [0.5, 0.6) is 17.2 Å². The third-order valence-electron chi connectivity index (χ3n) is 7.91. The summed E-state index contributed by atoms with van der Waals surface area (Å²) in [5.41, 5.74) is 7.20. The highest BCUT2D eigenvalue weighted by Gasteiger charge is 2.34. The summed E-state index contributed by atoms with van der Waals surface area (Å²) >= 11 is 0.